The average molecular weight is 302 g/mol. The van der Waals surface area contributed by atoms with E-state index in [4.69, 9.17) is 4.52 Å². The summed E-state index contributed by atoms with van der Waals surface area (Å²) in [7, 11) is 0. The Balaban J connectivity index is 1.64. The first-order valence-corrected chi connectivity index (χ1v) is 7.61. The van der Waals surface area contributed by atoms with Crippen molar-refractivity contribution in [3.05, 3.63) is 41.8 Å². The van der Waals surface area contributed by atoms with Crippen LogP contribution in [0.2, 0.25) is 0 Å². The fourth-order valence-corrected chi connectivity index (χ4v) is 2.67. The van der Waals surface area contributed by atoms with Crippen molar-refractivity contribution in [3.63, 3.8) is 0 Å². The smallest absolute Gasteiger partial charge is 0.228 e. The van der Waals surface area contributed by atoms with Crippen molar-refractivity contribution in [2.45, 2.75) is 26.2 Å². The molecule has 2 aromatic rings. The number of benzene rings is 1. The van der Waals surface area contributed by atoms with E-state index < -0.39 is 0 Å². The van der Waals surface area contributed by atoms with Gasteiger partial charge in [0.05, 0.1) is 12.1 Å². The minimum atomic E-state index is -0.294. The molecule has 0 N–H and O–H groups in total. The van der Waals surface area contributed by atoms with Crippen LogP contribution < -0.4 is 0 Å². The minimum absolute atomic E-state index is 0.0888. The number of carbonyl (C=O) groups excluding carboxylic acids is 1. The Labute approximate surface area is 128 Å². The van der Waals surface area contributed by atoms with Crippen molar-refractivity contribution in [1.82, 2.24) is 10.1 Å². The van der Waals surface area contributed by atoms with E-state index >= 15 is 0 Å². The van der Waals surface area contributed by atoms with Crippen molar-refractivity contribution in [3.8, 4) is 11.3 Å². The minimum Gasteiger partial charge on any atom is -0.356 e. The largest absolute Gasteiger partial charge is 0.356 e. The number of aromatic nitrogens is 1. The number of nitrogens with zero attached hydrogens (tertiary/aromatic N) is 2. The third-order valence-electron chi connectivity index (χ3n) is 4.16. The Kier molecular flexibility index (Phi) is 4.22. The number of rotatable bonds is 3. The van der Waals surface area contributed by atoms with E-state index in [2.05, 4.69) is 12.1 Å². The van der Waals surface area contributed by atoms with E-state index in [0.717, 1.165) is 31.5 Å². The molecular weight excluding hydrogens is 283 g/mol. The molecule has 116 valence electrons. The molecule has 0 unspecified atom stereocenters. The van der Waals surface area contributed by atoms with Crippen LogP contribution in [-0.2, 0) is 11.2 Å². The zero-order valence-electron chi connectivity index (χ0n) is 12.6. The van der Waals surface area contributed by atoms with E-state index in [1.165, 1.54) is 12.1 Å². The van der Waals surface area contributed by atoms with Gasteiger partial charge in [-0.25, -0.2) is 4.39 Å². The highest BCUT2D eigenvalue weighted by molar-refractivity contribution is 5.78. The predicted octanol–water partition coefficient (Wildman–Crippen LogP) is 3.28. The van der Waals surface area contributed by atoms with Gasteiger partial charge in [-0.2, -0.15) is 0 Å². The molecule has 1 amide bonds. The summed E-state index contributed by atoms with van der Waals surface area (Å²) in [5.74, 6) is 1.04. The lowest BCUT2D eigenvalue weighted by molar-refractivity contribution is -0.131. The van der Waals surface area contributed by atoms with E-state index in [0.29, 0.717) is 17.4 Å². The maximum Gasteiger partial charge on any atom is 0.228 e. The number of likely N-dealkylation sites (tertiary alicyclic amines) is 1. The number of amides is 1. The van der Waals surface area contributed by atoms with Crippen LogP contribution in [0.25, 0.3) is 11.3 Å². The van der Waals surface area contributed by atoms with E-state index in [1.807, 2.05) is 4.90 Å². The second-order valence-electron chi connectivity index (χ2n) is 5.93. The van der Waals surface area contributed by atoms with Crippen LogP contribution >= 0.6 is 0 Å². The van der Waals surface area contributed by atoms with Crippen molar-refractivity contribution < 1.29 is 13.7 Å². The molecule has 1 fully saturated rings. The fraction of sp³-hybridized carbons (Fsp3) is 0.412. The van der Waals surface area contributed by atoms with Gasteiger partial charge in [0.1, 0.15) is 5.82 Å². The quantitative estimate of drug-likeness (QED) is 0.874. The van der Waals surface area contributed by atoms with Crippen molar-refractivity contribution >= 4 is 5.91 Å². The van der Waals surface area contributed by atoms with Gasteiger partial charge in [0.25, 0.3) is 0 Å². The number of halogens is 1. The van der Waals surface area contributed by atoms with Crippen LogP contribution in [0.1, 0.15) is 25.5 Å². The molecule has 1 aromatic carbocycles. The first-order valence-electron chi connectivity index (χ1n) is 7.61. The van der Waals surface area contributed by atoms with Gasteiger partial charge >= 0.3 is 0 Å². The fourth-order valence-electron chi connectivity index (χ4n) is 2.67. The lowest BCUT2D eigenvalue weighted by atomic mass is 9.99. The molecule has 3 rings (SSSR count). The van der Waals surface area contributed by atoms with Crippen LogP contribution in [0.5, 0.6) is 0 Å². The molecular formula is C17H19FN2O2. The molecule has 0 aliphatic carbocycles. The van der Waals surface area contributed by atoms with Gasteiger partial charge in [-0.15, -0.1) is 0 Å². The van der Waals surface area contributed by atoms with Gasteiger partial charge < -0.3 is 9.42 Å². The molecule has 1 aliphatic heterocycles. The molecule has 0 bridgehead atoms. The topological polar surface area (TPSA) is 46.3 Å². The van der Waals surface area contributed by atoms with Gasteiger partial charge in [-0.1, -0.05) is 12.1 Å². The Bertz CT molecular complexity index is 643. The molecule has 1 aromatic heterocycles. The highest BCUT2D eigenvalue weighted by atomic mass is 19.1. The highest BCUT2D eigenvalue weighted by Gasteiger charge is 2.21. The molecule has 0 atom stereocenters. The Morgan fingerprint density at radius 2 is 2.00 bits per heavy atom. The summed E-state index contributed by atoms with van der Waals surface area (Å²) >= 11 is 0. The Morgan fingerprint density at radius 1 is 1.32 bits per heavy atom. The van der Waals surface area contributed by atoms with Gasteiger partial charge in [0, 0.05) is 24.7 Å². The summed E-state index contributed by atoms with van der Waals surface area (Å²) in [5, 5.41) is 3.95. The standard InChI is InChI=1S/C17H19FN2O2/c1-12-6-8-20(9-7-12)17(21)11-15-10-16(22-19-15)13-2-4-14(18)5-3-13/h2-5,10,12H,6-9,11H2,1H3. The normalized spacial score (nSPS) is 16.0. The van der Waals surface area contributed by atoms with Crippen molar-refractivity contribution in [2.75, 3.05) is 13.1 Å². The summed E-state index contributed by atoms with van der Waals surface area (Å²) < 4.78 is 18.2. The molecule has 1 aliphatic rings. The van der Waals surface area contributed by atoms with Crippen LogP contribution in [-0.4, -0.2) is 29.1 Å². The zero-order valence-corrected chi connectivity index (χ0v) is 12.6. The summed E-state index contributed by atoms with van der Waals surface area (Å²) in [6.07, 6.45) is 2.37. The summed E-state index contributed by atoms with van der Waals surface area (Å²) in [5.41, 5.74) is 1.36. The molecule has 2 heterocycles. The average Bonchev–Trinajstić information content (AvgIpc) is 2.97. The number of hydrogen-bond donors (Lipinski definition) is 0. The Morgan fingerprint density at radius 3 is 2.68 bits per heavy atom. The molecule has 5 heteroatoms. The SMILES string of the molecule is CC1CCN(C(=O)Cc2cc(-c3ccc(F)cc3)on2)CC1. The number of hydrogen-bond acceptors (Lipinski definition) is 3. The van der Waals surface area contributed by atoms with E-state index in [-0.39, 0.29) is 18.1 Å². The third kappa shape index (κ3) is 3.35. The van der Waals surface area contributed by atoms with Gasteiger partial charge in [-0.05, 0) is 43.0 Å². The summed E-state index contributed by atoms with van der Waals surface area (Å²) in [6, 6.07) is 7.76. The predicted molar refractivity (Wildman–Crippen MR) is 80.6 cm³/mol. The maximum atomic E-state index is 12.9. The molecule has 4 nitrogen and oxygen atoms in total. The highest BCUT2D eigenvalue weighted by Crippen LogP contribution is 2.22. The summed E-state index contributed by atoms with van der Waals surface area (Å²) in [6.45, 7) is 3.86. The molecule has 0 radical (unpaired) electrons. The van der Waals surface area contributed by atoms with Gasteiger partial charge in [0.15, 0.2) is 5.76 Å². The second-order valence-corrected chi connectivity index (χ2v) is 5.93. The van der Waals surface area contributed by atoms with E-state index in [9.17, 15) is 9.18 Å². The van der Waals surface area contributed by atoms with E-state index in [1.54, 1.807) is 18.2 Å². The van der Waals surface area contributed by atoms with Crippen LogP contribution in [0.4, 0.5) is 4.39 Å². The first-order chi connectivity index (χ1) is 10.6. The van der Waals surface area contributed by atoms with Gasteiger partial charge in [-0.3, -0.25) is 4.79 Å². The Hall–Kier alpha value is -2.17. The molecule has 22 heavy (non-hydrogen) atoms. The zero-order chi connectivity index (χ0) is 15.5. The molecule has 0 saturated carbocycles. The van der Waals surface area contributed by atoms with Crippen molar-refractivity contribution in [1.29, 1.82) is 0 Å². The lowest BCUT2D eigenvalue weighted by Crippen LogP contribution is -2.38. The van der Waals surface area contributed by atoms with Crippen LogP contribution in [0.15, 0.2) is 34.9 Å². The van der Waals surface area contributed by atoms with Crippen molar-refractivity contribution in [2.24, 2.45) is 5.92 Å². The number of piperidine rings is 1. The summed E-state index contributed by atoms with van der Waals surface area (Å²) in [4.78, 5) is 14.2. The first kappa shape index (κ1) is 14.8. The maximum absolute atomic E-state index is 12.9. The van der Waals surface area contributed by atoms with Crippen LogP contribution in [0, 0.1) is 11.7 Å². The van der Waals surface area contributed by atoms with Gasteiger partial charge in [0.2, 0.25) is 5.91 Å². The van der Waals surface area contributed by atoms with Crippen LogP contribution in [0.3, 0.4) is 0 Å². The molecule has 0 spiro atoms. The number of carbonyl (C=O) groups is 1. The second kappa shape index (κ2) is 6.30. The third-order valence-corrected chi connectivity index (χ3v) is 4.16. The lowest BCUT2D eigenvalue weighted by Gasteiger charge is -2.30. The molecule has 1 saturated heterocycles. The monoisotopic (exact) mass is 302 g/mol.